The number of fused-ring (bicyclic) bond motifs is 2. The highest BCUT2D eigenvalue weighted by atomic mass is 32.2. The third kappa shape index (κ3) is 4.49. The molecule has 0 aromatic heterocycles. The number of amides is 2. The Morgan fingerprint density at radius 1 is 1.26 bits per heavy atom. The predicted octanol–water partition coefficient (Wildman–Crippen LogP) is 4.81. The van der Waals surface area contributed by atoms with Crippen molar-refractivity contribution in [1.29, 1.82) is 0 Å². The molecule has 1 aromatic rings. The molecular weight excluding hydrogens is 430 g/mol. The third-order valence-corrected chi connectivity index (χ3v) is 8.81. The molecule has 168 valence electrons. The number of carbonyl (C=O) groups excluding carboxylic acids is 1. The number of nitrogens with two attached hydrogens (primary N) is 1. The third-order valence-electron chi connectivity index (χ3n) is 6.38. The molecule has 2 unspecified atom stereocenters. The molecule has 1 heterocycles. The molecule has 4 N–H and O–H groups in total. The maximum Gasteiger partial charge on any atom is 0.354 e. The van der Waals surface area contributed by atoms with E-state index >= 15 is 0 Å². The Bertz CT molecular complexity index is 1100. The smallest absolute Gasteiger partial charge is 0.354 e. The fourth-order valence-corrected chi connectivity index (χ4v) is 7.96. The lowest BCUT2D eigenvalue weighted by Crippen LogP contribution is -2.25. The van der Waals surface area contributed by atoms with E-state index < -0.39 is 21.5 Å². The molecule has 3 aliphatic rings. The number of hydrogen-bond acceptors (Lipinski definition) is 4. The first-order valence-corrected chi connectivity index (χ1v) is 13.3. The van der Waals surface area contributed by atoms with Crippen LogP contribution in [-0.4, -0.2) is 20.9 Å². The van der Waals surface area contributed by atoms with Crippen LogP contribution >= 0.6 is 11.8 Å². The molecule has 0 spiro atoms. The van der Waals surface area contributed by atoms with E-state index in [4.69, 9.17) is 5.14 Å². The van der Waals surface area contributed by atoms with Gasteiger partial charge in [-0.25, -0.2) is 14.1 Å². The average Bonchev–Trinajstić information content (AvgIpc) is 3.32. The standard InChI is InChI=1S/C23H31N3O3S2/c1-13-19(30-14(2)20(13)23(3,4)28)12-31(24,29)26-22(27)25-21-17-9-5-7-15(17)11-16-8-6-10-18(16)21/h11-13,28H,5-10H2,1-4H3,(H3,24,25,26,27,29)/b19-12-. The van der Waals surface area contributed by atoms with Crippen LogP contribution in [0.15, 0.2) is 31.2 Å². The molecule has 4 rings (SSSR count). The fraction of sp³-hybridized carbons (Fsp3) is 0.522. The first-order chi connectivity index (χ1) is 14.5. The van der Waals surface area contributed by atoms with E-state index in [1.54, 1.807) is 13.8 Å². The van der Waals surface area contributed by atoms with E-state index in [0.717, 1.165) is 59.6 Å². The van der Waals surface area contributed by atoms with Gasteiger partial charge >= 0.3 is 6.03 Å². The van der Waals surface area contributed by atoms with Crippen LogP contribution < -0.4 is 10.5 Å². The zero-order valence-corrected chi connectivity index (χ0v) is 20.2. The molecule has 0 fully saturated rings. The van der Waals surface area contributed by atoms with Crippen LogP contribution in [0.2, 0.25) is 0 Å². The van der Waals surface area contributed by atoms with E-state index in [0.29, 0.717) is 0 Å². The summed E-state index contributed by atoms with van der Waals surface area (Å²) in [5.74, 6) is -0.131. The number of nitrogens with one attached hydrogen (secondary N) is 1. The van der Waals surface area contributed by atoms with Crippen molar-refractivity contribution in [3.8, 4) is 0 Å². The molecule has 0 bridgehead atoms. The van der Waals surface area contributed by atoms with Gasteiger partial charge in [0.1, 0.15) is 9.92 Å². The Labute approximate surface area is 189 Å². The lowest BCUT2D eigenvalue weighted by Gasteiger charge is -2.24. The van der Waals surface area contributed by atoms with Gasteiger partial charge in [0, 0.05) is 21.9 Å². The van der Waals surface area contributed by atoms with Crippen LogP contribution in [0.5, 0.6) is 0 Å². The number of urea groups is 1. The number of carbonyl (C=O) groups is 1. The van der Waals surface area contributed by atoms with Crippen LogP contribution in [0, 0.1) is 5.92 Å². The minimum absolute atomic E-state index is 0.131. The van der Waals surface area contributed by atoms with E-state index in [1.165, 1.54) is 39.4 Å². The summed E-state index contributed by atoms with van der Waals surface area (Å²) < 4.78 is 16.8. The minimum atomic E-state index is -3.37. The van der Waals surface area contributed by atoms with Crippen LogP contribution in [0.25, 0.3) is 0 Å². The van der Waals surface area contributed by atoms with Crippen molar-refractivity contribution in [3.05, 3.63) is 49.1 Å². The quantitative estimate of drug-likeness (QED) is 0.601. The molecule has 1 aromatic carbocycles. The number of allylic oxidation sites excluding steroid dienone is 2. The van der Waals surface area contributed by atoms with Gasteiger partial charge in [-0.15, -0.1) is 4.36 Å². The number of benzene rings is 1. The summed E-state index contributed by atoms with van der Waals surface area (Å²) >= 11 is 1.43. The summed E-state index contributed by atoms with van der Waals surface area (Å²) in [6.07, 6.45) is 6.13. The van der Waals surface area contributed by atoms with Gasteiger partial charge in [-0.2, -0.15) is 0 Å². The Morgan fingerprint density at radius 2 is 1.84 bits per heavy atom. The molecule has 2 amide bonds. The van der Waals surface area contributed by atoms with Gasteiger partial charge in [-0.05, 0) is 92.0 Å². The maximum absolute atomic E-state index is 13.0. The normalized spacial score (nSPS) is 23.7. The fourth-order valence-electron chi connectivity index (χ4n) is 5.27. The number of aryl methyl sites for hydroxylation is 2. The number of hydrogen-bond donors (Lipinski definition) is 3. The highest BCUT2D eigenvalue weighted by molar-refractivity contribution is 8.07. The number of thioether (sulfide) groups is 1. The van der Waals surface area contributed by atoms with Crippen molar-refractivity contribution < 1.29 is 14.1 Å². The molecule has 0 saturated heterocycles. The number of rotatable bonds is 3. The number of aliphatic hydroxyl groups is 1. The molecule has 6 nitrogen and oxygen atoms in total. The van der Waals surface area contributed by atoms with Crippen molar-refractivity contribution in [1.82, 2.24) is 0 Å². The Hall–Kier alpha value is -1.61. The molecule has 0 radical (unpaired) electrons. The first-order valence-electron chi connectivity index (χ1n) is 10.8. The van der Waals surface area contributed by atoms with Crippen molar-refractivity contribution >= 4 is 33.4 Å². The Balaban J connectivity index is 1.60. The molecule has 2 atom stereocenters. The van der Waals surface area contributed by atoms with Crippen molar-refractivity contribution in [2.75, 3.05) is 5.32 Å². The van der Waals surface area contributed by atoms with Crippen LogP contribution in [0.1, 0.15) is 62.8 Å². The Morgan fingerprint density at radius 3 is 2.35 bits per heavy atom. The monoisotopic (exact) mass is 461 g/mol. The SMILES string of the molecule is CC1=C(C(C)(C)O)C(C)/C(=C/S(N)(=O)=NC(=O)Nc2c3c(cc4c2CCC4)CCC3)S1. The summed E-state index contributed by atoms with van der Waals surface area (Å²) in [7, 11) is -3.37. The van der Waals surface area contributed by atoms with Gasteiger partial charge in [0.05, 0.1) is 5.60 Å². The lowest BCUT2D eigenvalue weighted by atomic mass is 9.87. The second-order valence-corrected chi connectivity index (χ2v) is 12.2. The summed E-state index contributed by atoms with van der Waals surface area (Å²) in [4.78, 5) is 14.5. The first kappa shape index (κ1) is 22.6. The van der Waals surface area contributed by atoms with Crippen LogP contribution in [0.4, 0.5) is 10.5 Å². The van der Waals surface area contributed by atoms with E-state index in [1.807, 2.05) is 13.8 Å². The molecular formula is C23H31N3O3S2. The zero-order chi connectivity index (χ0) is 22.6. The minimum Gasteiger partial charge on any atom is -0.386 e. The maximum atomic E-state index is 13.0. The highest BCUT2D eigenvalue weighted by Gasteiger charge is 2.35. The van der Waals surface area contributed by atoms with Gasteiger partial charge < -0.3 is 10.4 Å². The van der Waals surface area contributed by atoms with Crippen molar-refractivity contribution in [2.45, 2.75) is 71.8 Å². The second-order valence-electron chi connectivity index (χ2n) is 9.24. The summed E-state index contributed by atoms with van der Waals surface area (Å²) in [5.41, 5.74) is 5.76. The Kier molecular flexibility index (Phi) is 5.87. The topological polar surface area (TPSA) is 105 Å². The van der Waals surface area contributed by atoms with E-state index in [2.05, 4.69) is 15.7 Å². The average molecular weight is 462 g/mol. The summed E-state index contributed by atoms with van der Waals surface area (Å²) in [6, 6.07) is 1.63. The predicted molar refractivity (Wildman–Crippen MR) is 128 cm³/mol. The second kappa shape index (κ2) is 8.06. The molecule has 1 aliphatic heterocycles. The van der Waals surface area contributed by atoms with Gasteiger partial charge in [0.25, 0.3) is 0 Å². The molecule has 0 saturated carbocycles. The molecule has 2 aliphatic carbocycles. The van der Waals surface area contributed by atoms with Gasteiger partial charge in [-0.3, -0.25) is 0 Å². The van der Waals surface area contributed by atoms with E-state index in [9.17, 15) is 14.1 Å². The molecule has 31 heavy (non-hydrogen) atoms. The van der Waals surface area contributed by atoms with Crippen LogP contribution in [-0.2, 0) is 35.6 Å². The van der Waals surface area contributed by atoms with Gasteiger partial charge in [-0.1, -0.05) is 24.8 Å². The number of nitrogens with zero attached hydrogens (tertiary/aromatic N) is 1. The highest BCUT2D eigenvalue weighted by Crippen LogP contribution is 2.49. The largest absolute Gasteiger partial charge is 0.386 e. The van der Waals surface area contributed by atoms with Gasteiger partial charge in [0.15, 0.2) is 0 Å². The van der Waals surface area contributed by atoms with Gasteiger partial charge in [0.2, 0.25) is 0 Å². The summed E-state index contributed by atoms with van der Waals surface area (Å²) in [5, 5.41) is 20.7. The molecule has 8 heteroatoms. The van der Waals surface area contributed by atoms with E-state index in [-0.39, 0.29) is 5.92 Å². The van der Waals surface area contributed by atoms with Crippen molar-refractivity contribution in [2.24, 2.45) is 15.4 Å². The van der Waals surface area contributed by atoms with Crippen LogP contribution in [0.3, 0.4) is 0 Å². The van der Waals surface area contributed by atoms with Crippen molar-refractivity contribution in [3.63, 3.8) is 0 Å². The lowest BCUT2D eigenvalue weighted by molar-refractivity contribution is 0.111. The summed E-state index contributed by atoms with van der Waals surface area (Å²) in [6.45, 7) is 7.34. The zero-order valence-electron chi connectivity index (χ0n) is 18.6. The number of anilines is 1.